The van der Waals surface area contributed by atoms with Crippen molar-refractivity contribution in [1.82, 2.24) is 0 Å². The fourth-order valence-electron chi connectivity index (χ4n) is 5.25. The Labute approximate surface area is 252 Å². The van der Waals surface area contributed by atoms with Crippen LogP contribution in [-0.2, 0) is 28.5 Å². The van der Waals surface area contributed by atoms with Crippen molar-refractivity contribution in [2.24, 2.45) is 10.8 Å². The molecule has 0 bridgehead atoms. The third kappa shape index (κ3) is 10.2. The van der Waals surface area contributed by atoms with Crippen LogP contribution < -0.4 is 0 Å². The summed E-state index contributed by atoms with van der Waals surface area (Å²) in [6.07, 6.45) is 15.9. The van der Waals surface area contributed by atoms with Crippen molar-refractivity contribution in [3.8, 4) is 0 Å². The van der Waals surface area contributed by atoms with Crippen LogP contribution in [0.15, 0.2) is 89.1 Å². The molecule has 6 nitrogen and oxygen atoms in total. The maximum atomic E-state index is 12.7. The van der Waals surface area contributed by atoms with E-state index in [2.05, 4.69) is 39.8 Å². The molecule has 0 aromatic heterocycles. The highest BCUT2D eigenvalue weighted by atomic mass is 16.7. The molecule has 3 rings (SSSR count). The van der Waals surface area contributed by atoms with Gasteiger partial charge in [-0.15, -0.1) is 0 Å². The summed E-state index contributed by atoms with van der Waals surface area (Å²) >= 11 is 0. The van der Waals surface area contributed by atoms with Gasteiger partial charge in [0, 0.05) is 18.1 Å². The van der Waals surface area contributed by atoms with Crippen LogP contribution in [0.4, 0.5) is 0 Å². The molecule has 0 radical (unpaired) electrons. The average Bonchev–Trinajstić information content (AvgIpc) is 2.95. The first-order valence-corrected chi connectivity index (χ1v) is 15.1. The van der Waals surface area contributed by atoms with E-state index in [0.717, 1.165) is 16.7 Å². The molecule has 0 saturated carbocycles. The number of carbonyl (C=O) groups excluding carboxylic acids is 2. The summed E-state index contributed by atoms with van der Waals surface area (Å²) in [6, 6.07) is 9.64. The molecule has 0 amide bonds. The first-order valence-electron chi connectivity index (χ1n) is 15.1. The summed E-state index contributed by atoms with van der Waals surface area (Å²) in [5, 5.41) is 0. The highest BCUT2D eigenvalue weighted by molar-refractivity contribution is 5.83. The topological polar surface area (TPSA) is 71.1 Å². The predicted octanol–water partition coefficient (Wildman–Crippen LogP) is 8.14. The molecular formula is C36H48O6. The number of carbonyl (C=O) groups is 2. The van der Waals surface area contributed by atoms with Gasteiger partial charge in [0.25, 0.3) is 0 Å². The highest BCUT2D eigenvalue weighted by Gasteiger charge is 2.40. The number of esters is 2. The zero-order chi connectivity index (χ0) is 30.6. The van der Waals surface area contributed by atoms with Crippen molar-refractivity contribution in [2.75, 3.05) is 26.4 Å². The third-order valence-electron chi connectivity index (χ3n) is 7.79. The van der Waals surface area contributed by atoms with Gasteiger partial charge < -0.3 is 18.9 Å². The molecule has 1 aromatic rings. The van der Waals surface area contributed by atoms with Gasteiger partial charge in [0.1, 0.15) is 13.2 Å². The van der Waals surface area contributed by atoms with E-state index in [-0.39, 0.29) is 37.8 Å². The monoisotopic (exact) mass is 576 g/mol. The predicted molar refractivity (Wildman–Crippen MR) is 166 cm³/mol. The zero-order valence-corrected chi connectivity index (χ0v) is 26.2. The lowest BCUT2D eigenvalue weighted by Crippen LogP contribution is -2.46. The minimum atomic E-state index is -0.783. The Morgan fingerprint density at radius 1 is 1.00 bits per heavy atom. The highest BCUT2D eigenvalue weighted by Crippen LogP contribution is 2.40. The van der Waals surface area contributed by atoms with E-state index in [1.807, 2.05) is 62.4 Å². The van der Waals surface area contributed by atoms with E-state index in [1.165, 1.54) is 36.5 Å². The summed E-state index contributed by atoms with van der Waals surface area (Å²) in [7, 11) is 0. The molecule has 228 valence electrons. The van der Waals surface area contributed by atoms with E-state index in [9.17, 15) is 9.59 Å². The fraction of sp³-hybridized carbons (Fsp3) is 0.500. The molecule has 1 saturated heterocycles. The van der Waals surface area contributed by atoms with Crippen LogP contribution in [0.5, 0.6) is 0 Å². The van der Waals surface area contributed by atoms with E-state index in [4.69, 9.17) is 18.9 Å². The molecular weight excluding hydrogens is 528 g/mol. The van der Waals surface area contributed by atoms with Crippen molar-refractivity contribution in [1.29, 1.82) is 0 Å². The molecule has 42 heavy (non-hydrogen) atoms. The van der Waals surface area contributed by atoms with Crippen LogP contribution >= 0.6 is 0 Å². The van der Waals surface area contributed by atoms with Gasteiger partial charge in [0.2, 0.25) is 0 Å². The lowest BCUT2D eigenvalue weighted by molar-refractivity contribution is -0.251. The molecule has 1 fully saturated rings. The minimum Gasteiger partial charge on any atom is -0.465 e. The Balaban J connectivity index is 1.57. The number of hydrogen-bond donors (Lipinski definition) is 0. The Morgan fingerprint density at radius 3 is 2.36 bits per heavy atom. The van der Waals surface area contributed by atoms with Crippen LogP contribution in [0, 0.1) is 10.8 Å². The molecule has 6 heteroatoms. The molecule has 1 aliphatic carbocycles. The van der Waals surface area contributed by atoms with E-state index < -0.39 is 17.7 Å². The van der Waals surface area contributed by atoms with Gasteiger partial charge in [-0.25, -0.2) is 4.79 Å². The van der Waals surface area contributed by atoms with Crippen LogP contribution in [-0.4, -0.2) is 38.4 Å². The average molecular weight is 577 g/mol. The van der Waals surface area contributed by atoms with Crippen molar-refractivity contribution in [2.45, 2.75) is 79.9 Å². The van der Waals surface area contributed by atoms with Gasteiger partial charge in [-0.1, -0.05) is 92.6 Å². The largest absolute Gasteiger partial charge is 0.465 e. The van der Waals surface area contributed by atoms with Gasteiger partial charge in [0.15, 0.2) is 6.29 Å². The van der Waals surface area contributed by atoms with Crippen molar-refractivity contribution in [3.05, 3.63) is 94.6 Å². The molecule has 0 spiro atoms. The van der Waals surface area contributed by atoms with Crippen LogP contribution in [0.1, 0.15) is 85.5 Å². The van der Waals surface area contributed by atoms with Gasteiger partial charge >= 0.3 is 11.9 Å². The van der Waals surface area contributed by atoms with Crippen LogP contribution in [0.25, 0.3) is 0 Å². The minimum absolute atomic E-state index is 0.00959. The lowest BCUT2D eigenvalue weighted by atomic mass is 9.72. The van der Waals surface area contributed by atoms with Crippen LogP contribution in [0.3, 0.4) is 0 Å². The molecule has 0 unspecified atom stereocenters. The Kier molecular flexibility index (Phi) is 12.6. The SMILES string of the molecule is CCCC(=O)OC[C@]1(COC(=O)/C=C(\C)C=CC=C(C)C=CC2=C(C)CCCC2(C)C)CO[C@H](c2ccccc2)OC1. The number of rotatable bonds is 12. The number of ether oxygens (including phenoxy) is 4. The number of allylic oxidation sites excluding steroid dienone is 9. The molecule has 1 aliphatic heterocycles. The normalized spacial score (nSPS) is 23.4. The zero-order valence-electron chi connectivity index (χ0n) is 26.2. The summed E-state index contributed by atoms with van der Waals surface area (Å²) in [5.41, 5.74) is 5.15. The molecule has 2 aliphatic rings. The Bertz CT molecular complexity index is 1210. The maximum absolute atomic E-state index is 12.7. The van der Waals surface area contributed by atoms with Crippen molar-refractivity contribution < 1.29 is 28.5 Å². The Morgan fingerprint density at radius 2 is 1.69 bits per heavy atom. The van der Waals surface area contributed by atoms with Gasteiger partial charge in [-0.2, -0.15) is 0 Å². The number of benzene rings is 1. The summed E-state index contributed by atoms with van der Waals surface area (Å²) in [4.78, 5) is 24.7. The summed E-state index contributed by atoms with van der Waals surface area (Å²) in [5.74, 6) is -0.758. The second-order valence-corrected chi connectivity index (χ2v) is 12.3. The number of hydrogen-bond acceptors (Lipinski definition) is 6. The fourth-order valence-corrected chi connectivity index (χ4v) is 5.25. The van der Waals surface area contributed by atoms with E-state index in [0.29, 0.717) is 12.8 Å². The van der Waals surface area contributed by atoms with Crippen molar-refractivity contribution >= 4 is 11.9 Å². The second-order valence-electron chi connectivity index (χ2n) is 12.3. The molecule has 0 atom stereocenters. The summed E-state index contributed by atoms with van der Waals surface area (Å²) < 4.78 is 23.1. The molecule has 0 N–H and O–H groups in total. The quantitative estimate of drug-likeness (QED) is 0.142. The van der Waals surface area contributed by atoms with Gasteiger partial charge in [-0.05, 0) is 63.0 Å². The van der Waals surface area contributed by atoms with Gasteiger partial charge in [-0.3, -0.25) is 4.79 Å². The molecule has 1 heterocycles. The van der Waals surface area contributed by atoms with Crippen LogP contribution in [0.2, 0.25) is 0 Å². The van der Waals surface area contributed by atoms with Gasteiger partial charge in [0.05, 0.1) is 18.6 Å². The van der Waals surface area contributed by atoms with Crippen molar-refractivity contribution in [3.63, 3.8) is 0 Å². The lowest BCUT2D eigenvalue weighted by Gasteiger charge is -2.38. The standard InChI is InChI=1S/C36H48O6/c1-7-13-32(37)39-23-36(25-41-34(42-26-36)30-17-9-8-10-18-30)24-40-33(38)22-28(3)15-11-14-27(2)19-20-31-29(4)16-12-21-35(31,5)6/h8-11,14-15,17-20,22,34H,7,12-13,16,21,23-26H2,1-6H3/b15-11?,20-19?,27-14?,28-22+/t34-,36-. The maximum Gasteiger partial charge on any atom is 0.331 e. The third-order valence-corrected chi connectivity index (χ3v) is 7.79. The second kappa shape index (κ2) is 15.9. The van der Waals surface area contributed by atoms with E-state index in [1.54, 1.807) is 0 Å². The summed E-state index contributed by atoms with van der Waals surface area (Å²) in [6.45, 7) is 13.2. The molecule has 1 aromatic carbocycles. The smallest absolute Gasteiger partial charge is 0.331 e. The van der Waals surface area contributed by atoms with E-state index >= 15 is 0 Å². The Hall–Kier alpha value is -3.22. The first kappa shape index (κ1) is 33.3. The first-order chi connectivity index (χ1) is 20.0.